The molecule has 0 bridgehead atoms. The number of nitrogens with one attached hydrogen (secondary N) is 1. The van der Waals surface area contributed by atoms with Crippen molar-refractivity contribution >= 4 is 0 Å². The molecule has 0 amide bonds. The van der Waals surface area contributed by atoms with Gasteiger partial charge >= 0.3 is 0 Å². The van der Waals surface area contributed by atoms with E-state index < -0.39 is 6.10 Å². The maximum absolute atomic E-state index is 9.73. The summed E-state index contributed by atoms with van der Waals surface area (Å²) in [7, 11) is 0. The van der Waals surface area contributed by atoms with Gasteiger partial charge in [0.1, 0.15) is 0 Å². The van der Waals surface area contributed by atoms with Crippen LogP contribution in [-0.2, 0) is 11.3 Å². The Morgan fingerprint density at radius 3 is 2.71 bits per heavy atom. The first-order valence-corrected chi connectivity index (χ1v) is 5.97. The lowest BCUT2D eigenvalue weighted by molar-refractivity contribution is -0.0381. The minimum atomic E-state index is -0.533. The fourth-order valence-electron chi connectivity index (χ4n) is 2.04. The van der Waals surface area contributed by atoms with Crippen molar-refractivity contribution in [3.63, 3.8) is 0 Å². The minimum Gasteiger partial charge on any atom is -0.395 e. The van der Waals surface area contributed by atoms with E-state index in [0.29, 0.717) is 19.6 Å². The second kappa shape index (κ2) is 6.12. The van der Waals surface area contributed by atoms with Gasteiger partial charge in [-0.05, 0) is 5.56 Å². The van der Waals surface area contributed by atoms with Gasteiger partial charge in [0.15, 0.2) is 0 Å². The monoisotopic (exact) mass is 237 g/mol. The predicted octanol–water partition coefficient (Wildman–Crippen LogP) is 0.287. The lowest BCUT2D eigenvalue weighted by Gasteiger charge is -2.33. The third-order valence-electron chi connectivity index (χ3n) is 3.10. The Morgan fingerprint density at radius 2 is 2.06 bits per heavy atom. The number of benzene rings is 1. The van der Waals surface area contributed by atoms with Crippen LogP contribution >= 0.6 is 0 Å². The molecule has 1 aliphatic heterocycles. The molecule has 0 unspecified atom stereocenters. The van der Waals surface area contributed by atoms with Crippen LogP contribution in [-0.4, -0.2) is 41.6 Å². The third-order valence-corrected chi connectivity index (χ3v) is 3.10. The van der Waals surface area contributed by atoms with E-state index in [1.807, 2.05) is 30.3 Å². The molecule has 1 saturated heterocycles. The van der Waals surface area contributed by atoms with E-state index in [9.17, 15) is 5.11 Å². The number of rotatable bonds is 4. The SMILES string of the molecule is OC[C@@H]1NC[C@@H](OCc2ccccc2)C[C@@H]1O. The van der Waals surface area contributed by atoms with Crippen LogP contribution in [0.1, 0.15) is 12.0 Å². The van der Waals surface area contributed by atoms with Crippen molar-refractivity contribution in [1.29, 1.82) is 0 Å². The van der Waals surface area contributed by atoms with Gasteiger partial charge in [0.25, 0.3) is 0 Å². The molecular formula is C13H19NO3. The predicted molar refractivity (Wildman–Crippen MR) is 64.5 cm³/mol. The highest BCUT2D eigenvalue weighted by Gasteiger charge is 2.28. The van der Waals surface area contributed by atoms with Crippen LogP contribution in [0.4, 0.5) is 0 Å². The standard InChI is InChI=1S/C13H19NO3/c15-8-12-13(16)6-11(7-14-12)17-9-10-4-2-1-3-5-10/h1-5,11-16H,6-9H2/t11-,12-,13-/m0/s1. The van der Waals surface area contributed by atoms with Gasteiger partial charge in [-0.15, -0.1) is 0 Å². The van der Waals surface area contributed by atoms with Crippen LogP contribution < -0.4 is 5.32 Å². The van der Waals surface area contributed by atoms with Crippen molar-refractivity contribution in [3.05, 3.63) is 35.9 Å². The fraction of sp³-hybridized carbons (Fsp3) is 0.538. The first kappa shape index (κ1) is 12.5. The van der Waals surface area contributed by atoms with Gasteiger partial charge in [0, 0.05) is 13.0 Å². The summed E-state index contributed by atoms with van der Waals surface area (Å²) in [4.78, 5) is 0. The maximum Gasteiger partial charge on any atom is 0.0740 e. The van der Waals surface area contributed by atoms with Crippen LogP contribution in [0.15, 0.2) is 30.3 Å². The van der Waals surface area contributed by atoms with Crippen LogP contribution in [0.3, 0.4) is 0 Å². The van der Waals surface area contributed by atoms with Gasteiger partial charge in [-0.3, -0.25) is 0 Å². The lowest BCUT2D eigenvalue weighted by Crippen LogP contribution is -2.53. The van der Waals surface area contributed by atoms with Crippen molar-refractivity contribution < 1.29 is 14.9 Å². The van der Waals surface area contributed by atoms with E-state index in [4.69, 9.17) is 9.84 Å². The average Bonchev–Trinajstić information content (AvgIpc) is 2.38. The summed E-state index contributed by atoms with van der Waals surface area (Å²) < 4.78 is 5.73. The van der Waals surface area contributed by atoms with E-state index in [-0.39, 0.29) is 18.8 Å². The second-order valence-corrected chi connectivity index (χ2v) is 4.42. The average molecular weight is 237 g/mol. The number of hydrogen-bond acceptors (Lipinski definition) is 4. The highest BCUT2D eigenvalue weighted by Crippen LogP contribution is 2.14. The zero-order valence-electron chi connectivity index (χ0n) is 9.75. The van der Waals surface area contributed by atoms with Crippen LogP contribution in [0.2, 0.25) is 0 Å². The second-order valence-electron chi connectivity index (χ2n) is 4.42. The van der Waals surface area contributed by atoms with Crippen molar-refractivity contribution in [2.75, 3.05) is 13.2 Å². The summed E-state index contributed by atoms with van der Waals surface area (Å²) in [5, 5.41) is 21.8. The molecule has 17 heavy (non-hydrogen) atoms. The Bertz CT molecular complexity index is 331. The molecule has 4 heteroatoms. The molecule has 3 atom stereocenters. The van der Waals surface area contributed by atoms with E-state index in [0.717, 1.165) is 5.56 Å². The van der Waals surface area contributed by atoms with Gasteiger partial charge in [-0.1, -0.05) is 30.3 Å². The molecule has 0 aliphatic carbocycles. The Labute approximate surface area is 101 Å². The minimum absolute atomic E-state index is 0.00741. The fourth-order valence-corrected chi connectivity index (χ4v) is 2.04. The van der Waals surface area contributed by atoms with E-state index in [2.05, 4.69) is 5.32 Å². The summed E-state index contributed by atoms with van der Waals surface area (Å²) in [6, 6.07) is 9.75. The molecule has 1 aliphatic rings. The summed E-state index contributed by atoms with van der Waals surface area (Å²) in [5.41, 5.74) is 1.13. The molecule has 1 heterocycles. The van der Waals surface area contributed by atoms with E-state index >= 15 is 0 Å². The van der Waals surface area contributed by atoms with Crippen molar-refractivity contribution in [2.24, 2.45) is 0 Å². The lowest BCUT2D eigenvalue weighted by atomic mass is 10.00. The molecule has 0 spiro atoms. The number of ether oxygens (including phenoxy) is 1. The van der Waals surface area contributed by atoms with Crippen molar-refractivity contribution in [1.82, 2.24) is 5.32 Å². The Balaban J connectivity index is 1.78. The number of aliphatic hydroxyl groups is 2. The Hall–Kier alpha value is -0.940. The van der Waals surface area contributed by atoms with Crippen LogP contribution in [0.25, 0.3) is 0 Å². The van der Waals surface area contributed by atoms with Crippen molar-refractivity contribution in [3.8, 4) is 0 Å². The van der Waals surface area contributed by atoms with Gasteiger partial charge in [-0.2, -0.15) is 0 Å². The molecular weight excluding hydrogens is 218 g/mol. The molecule has 1 fully saturated rings. The Morgan fingerprint density at radius 1 is 1.29 bits per heavy atom. The van der Waals surface area contributed by atoms with E-state index in [1.165, 1.54) is 0 Å². The summed E-state index contributed by atoms with van der Waals surface area (Å²) in [6.45, 7) is 1.20. The largest absolute Gasteiger partial charge is 0.395 e. The maximum atomic E-state index is 9.73. The van der Waals surface area contributed by atoms with Gasteiger partial charge in [-0.25, -0.2) is 0 Å². The summed E-state index contributed by atoms with van der Waals surface area (Å²) in [5.74, 6) is 0. The smallest absolute Gasteiger partial charge is 0.0740 e. The van der Waals surface area contributed by atoms with Gasteiger partial charge in [0.05, 0.1) is 31.5 Å². The molecule has 0 radical (unpaired) electrons. The zero-order chi connectivity index (χ0) is 12.1. The molecule has 0 aromatic heterocycles. The highest BCUT2D eigenvalue weighted by atomic mass is 16.5. The van der Waals surface area contributed by atoms with E-state index in [1.54, 1.807) is 0 Å². The molecule has 94 valence electrons. The van der Waals surface area contributed by atoms with Crippen LogP contribution in [0, 0.1) is 0 Å². The first-order valence-electron chi connectivity index (χ1n) is 5.97. The number of hydrogen-bond donors (Lipinski definition) is 3. The first-order chi connectivity index (χ1) is 8.29. The molecule has 1 aromatic rings. The topological polar surface area (TPSA) is 61.7 Å². The normalized spacial score (nSPS) is 29.2. The van der Waals surface area contributed by atoms with Crippen molar-refractivity contribution in [2.45, 2.75) is 31.3 Å². The molecule has 3 N–H and O–H groups in total. The molecule has 0 saturated carbocycles. The summed E-state index contributed by atoms with van der Waals surface area (Å²) in [6.07, 6.45) is 0.0490. The summed E-state index contributed by atoms with van der Waals surface area (Å²) >= 11 is 0. The van der Waals surface area contributed by atoms with Gasteiger partial charge in [0.2, 0.25) is 0 Å². The molecule has 1 aromatic carbocycles. The van der Waals surface area contributed by atoms with Crippen LogP contribution in [0.5, 0.6) is 0 Å². The number of aliphatic hydroxyl groups excluding tert-OH is 2. The number of piperidine rings is 1. The molecule has 4 nitrogen and oxygen atoms in total. The quantitative estimate of drug-likeness (QED) is 0.704. The zero-order valence-corrected chi connectivity index (χ0v) is 9.75. The van der Waals surface area contributed by atoms with Gasteiger partial charge < -0.3 is 20.3 Å². The molecule has 2 rings (SSSR count). The highest BCUT2D eigenvalue weighted by molar-refractivity contribution is 5.13. The Kier molecular flexibility index (Phi) is 4.50. The third kappa shape index (κ3) is 3.51.